The number of nitrogens with zero attached hydrogens (tertiary/aromatic N) is 2. The maximum Gasteiger partial charge on any atom is 0.255 e. The molecule has 1 aliphatic heterocycles. The SMILES string of the molecule is O=C(Nc1ccc(N2CCCCS2(=O)=O)cc1)c1ccc(-n2cccc2)cc1. The van der Waals surface area contributed by atoms with Gasteiger partial charge in [-0.2, -0.15) is 0 Å². The van der Waals surface area contributed by atoms with Crippen molar-refractivity contribution in [3.63, 3.8) is 0 Å². The van der Waals surface area contributed by atoms with E-state index < -0.39 is 10.0 Å². The van der Waals surface area contributed by atoms with Crippen LogP contribution in [0.1, 0.15) is 23.2 Å². The van der Waals surface area contributed by atoms with Crippen LogP contribution in [-0.4, -0.2) is 31.2 Å². The van der Waals surface area contributed by atoms with E-state index in [2.05, 4.69) is 5.32 Å². The lowest BCUT2D eigenvalue weighted by Crippen LogP contribution is -2.37. The van der Waals surface area contributed by atoms with Gasteiger partial charge in [0.1, 0.15) is 0 Å². The van der Waals surface area contributed by atoms with Gasteiger partial charge in [0.2, 0.25) is 10.0 Å². The maximum absolute atomic E-state index is 12.5. The highest BCUT2D eigenvalue weighted by atomic mass is 32.2. The van der Waals surface area contributed by atoms with Crippen molar-refractivity contribution in [2.45, 2.75) is 12.8 Å². The van der Waals surface area contributed by atoms with Gasteiger partial charge in [0.05, 0.1) is 11.4 Å². The number of aromatic nitrogens is 1. The highest BCUT2D eigenvalue weighted by Crippen LogP contribution is 2.25. The summed E-state index contributed by atoms with van der Waals surface area (Å²) in [5, 5.41) is 2.85. The quantitative estimate of drug-likeness (QED) is 0.733. The molecule has 3 aromatic rings. The molecule has 0 bridgehead atoms. The molecule has 0 unspecified atom stereocenters. The van der Waals surface area contributed by atoms with Crippen molar-refractivity contribution in [1.29, 1.82) is 0 Å². The number of hydrogen-bond donors (Lipinski definition) is 1. The first-order valence-electron chi connectivity index (χ1n) is 9.18. The second-order valence-corrected chi connectivity index (χ2v) is 8.75. The second-order valence-electron chi connectivity index (χ2n) is 6.73. The van der Waals surface area contributed by atoms with E-state index in [9.17, 15) is 13.2 Å². The molecule has 2 heterocycles. The van der Waals surface area contributed by atoms with Gasteiger partial charge < -0.3 is 9.88 Å². The van der Waals surface area contributed by atoms with Gasteiger partial charge in [0, 0.05) is 35.9 Å². The first-order chi connectivity index (χ1) is 13.5. The molecule has 7 heteroatoms. The van der Waals surface area contributed by atoms with Crippen LogP contribution in [0.25, 0.3) is 5.69 Å². The fourth-order valence-electron chi connectivity index (χ4n) is 3.28. The molecule has 1 aliphatic rings. The summed E-state index contributed by atoms with van der Waals surface area (Å²) in [5.74, 6) is -0.0257. The summed E-state index contributed by atoms with van der Waals surface area (Å²) >= 11 is 0. The lowest BCUT2D eigenvalue weighted by atomic mass is 10.2. The van der Waals surface area contributed by atoms with E-state index in [0.29, 0.717) is 29.9 Å². The first kappa shape index (κ1) is 18.3. The molecule has 0 radical (unpaired) electrons. The Morgan fingerprint density at radius 1 is 0.857 bits per heavy atom. The third-order valence-corrected chi connectivity index (χ3v) is 6.66. The molecule has 2 aromatic carbocycles. The van der Waals surface area contributed by atoms with Crippen LogP contribution < -0.4 is 9.62 Å². The first-order valence-corrected chi connectivity index (χ1v) is 10.8. The van der Waals surface area contributed by atoms with Crippen molar-refractivity contribution < 1.29 is 13.2 Å². The van der Waals surface area contributed by atoms with E-state index in [0.717, 1.165) is 12.1 Å². The van der Waals surface area contributed by atoms with E-state index in [1.54, 1.807) is 36.4 Å². The highest BCUT2D eigenvalue weighted by molar-refractivity contribution is 7.92. The molecule has 1 saturated heterocycles. The number of anilines is 2. The molecule has 144 valence electrons. The third-order valence-electron chi connectivity index (χ3n) is 4.79. The van der Waals surface area contributed by atoms with Gasteiger partial charge in [0.25, 0.3) is 5.91 Å². The predicted molar refractivity (Wildman–Crippen MR) is 111 cm³/mol. The molecular weight excluding hydrogens is 374 g/mol. The molecule has 0 spiro atoms. The van der Waals surface area contributed by atoms with Crippen molar-refractivity contribution in [3.8, 4) is 5.69 Å². The van der Waals surface area contributed by atoms with E-state index in [1.807, 2.05) is 41.2 Å². The van der Waals surface area contributed by atoms with Crippen LogP contribution in [0.5, 0.6) is 0 Å². The molecule has 1 amide bonds. The number of amides is 1. The Balaban J connectivity index is 1.45. The van der Waals surface area contributed by atoms with E-state index in [1.165, 1.54) is 4.31 Å². The zero-order valence-electron chi connectivity index (χ0n) is 15.3. The van der Waals surface area contributed by atoms with Crippen molar-refractivity contribution in [2.75, 3.05) is 21.9 Å². The average Bonchev–Trinajstić information content (AvgIpc) is 3.23. The van der Waals surface area contributed by atoms with Crippen molar-refractivity contribution >= 4 is 27.3 Å². The molecular formula is C21H21N3O3S. The Bertz CT molecular complexity index is 1060. The number of carbonyl (C=O) groups excluding carboxylic acids is 1. The zero-order valence-corrected chi connectivity index (χ0v) is 16.1. The van der Waals surface area contributed by atoms with Crippen molar-refractivity contribution in [1.82, 2.24) is 4.57 Å². The normalized spacial score (nSPS) is 15.9. The summed E-state index contributed by atoms with van der Waals surface area (Å²) < 4.78 is 27.8. The van der Waals surface area contributed by atoms with Gasteiger partial charge in [-0.1, -0.05) is 0 Å². The van der Waals surface area contributed by atoms with E-state index in [4.69, 9.17) is 0 Å². The Morgan fingerprint density at radius 3 is 2.14 bits per heavy atom. The lowest BCUT2D eigenvalue weighted by molar-refractivity contribution is 0.102. The second kappa shape index (κ2) is 7.52. The summed E-state index contributed by atoms with van der Waals surface area (Å²) in [4.78, 5) is 12.5. The fourth-order valence-corrected chi connectivity index (χ4v) is 4.92. The van der Waals surface area contributed by atoms with Crippen LogP contribution >= 0.6 is 0 Å². The average molecular weight is 395 g/mol. The van der Waals surface area contributed by atoms with E-state index >= 15 is 0 Å². The minimum atomic E-state index is -3.23. The molecule has 0 atom stereocenters. The molecule has 1 N–H and O–H groups in total. The standard InChI is InChI=1S/C21H21N3O3S/c25-21(17-5-9-19(10-6-17)23-13-1-2-14-23)22-18-7-11-20(12-8-18)24-15-3-4-16-28(24,26)27/h1-2,5-14H,3-4,15-16H2,(H,22,25). The number of carbonyl (C=O) groups is 1. The highest BCUT2D eigenvalue weighted by Gasteiger charge is 2.25. The smallest absolute Gasteiger partial charge is 0.255 e. The number of hydrogen-bond acceptors (Lipinski definition) is 3. The van der Waals surface area contributed by atoms with Crippen LogP contribution in [0.15, 0.2) is 73.1 Å². The summed E-state index contributed by atoms with van der Waals surface area (Å²) in [5.41, 5.74) is 2.79. The zero-order chi connectivity index (χ0) is 19.6. The van der Waals surface area contributed by atoms with Crippen molar-refractivity contribution in [2.24, 2.45) is 0 Å². The lowest BCUT2D eigenvalue weighted by Gasteiger charge is -2.28. The topological polar surface area (TPSA) is 71.4 Å². The van der Waals surface area contributed by atoms with Crippen LogP contribution in [-0.2, 0) is 10.0 Å². The predicted octanol–water partition coefficient (Wildman–Crippen LogP) is 3.66. The minimum absolute atomic E-state index is 0.185. The fraction of sp³-hybridized carbons (Fsp3) is 0.190. The summed E-state index contributed by atoms with van der Waals surface area (Å²) in [6.45, 7) is 0.502. The van der Waals surface area contributed by atoms with Gasteiger partial charge in [-0.15, -0.1) is 0 Å². The van der Waals surface area contributed by atoms with Crippen molar-refractivity contribution in [3.05, 3.63) is 78.6 Å². The molecule has 6 nitrogen and oxygen atoms in total. The Hall–Kier alpha value is -3.06. The minimum Gasteiger partial charge on any atom is -0.324 e. The van der Waals surface area contributed by atoms with Gasteiger partial charge in [-0.05, 0) is 73.5 Å². The third kappa shape index (κ3) is 3.80. The Morgan fingerprint density at radius 2 is 1.50 bits per heavy atom. The van der Waals surface area contributed by atoms with E-state index in [-0.39, 0.29) is 11.7 Å². The number of rotatable bonds is 4. The Labute approximate surface area is 164 Å². The van der Waals surface area contributed by atoms with Crippen LogP contribution in [0, 0.1) is 0 Å². The summed E-state index contributed by atoms with van der Waals surface area (Å²) in [6, 6.07) is 18.1. The molecule has 28 heavy (non-hydrogen) atoms. The molecule has 4 rings (SSSR count). The van der Waals surface area contributed by atoms with Gasteiger partial charge in [-0.3, -0.25) is 9.10 Å². The van der Waals surface area contributed by atoms with Gasteiger partial charge in [-0.25, -0.2) is 8.42 Å². The number of nitrogens with one attached hydrogen (secondary N) is 1. The van der Waals surface area contributed by atoms with Gasteiger partial charge >= 0.3 is 0 Å². The molecule has 1 aromatic heterocycles. The Kier molecular flexibility index (Phi) is 4.92. The summed E-state index contributed by atoms with van der Waals surface area (Å²) in [6.07, 6.45) is 5.45. The summed E-state index contributed by atoms with van der Waals surface area (Å²) in [7, 11) is -3.23. The van der Waals surface area contributed by atoms with Gasteiger partial charge in [0.15, 0.2) is 0 Å². The maximum atomic E-state index is 12.5. The number of benzene rings is 2. The monoisotopic (exact) mass is 395 g/mol. The van der Waals surface area contributed by atoms with Crippen LogP contribution in [0.2, 0.25) is 0 Å². The largest absolute Gasteiger partial charge is 0.324 e. The molecule has 1 fully saturated rings. The van der Waals surface area contributed by atoms with Crippen LogP contribution in [0.3, 0.4) is 0 Å². The van der Waals surface area contributed by atoms with Crippen LogP contribution in [0.4, 0.5) is 11.4 Å². The number of sulfonamides is 1. The molecule has 0 aliphatic carbocycles. The molecule has 0 saturated carbocycles.